The lowest BCUT2D eigenvalue weighted by atomic mass is 9.97. The average Bonchev–Trinajstić information content (AvgIpc) is 3.60. The summed E-state index contributed by atoms with van der Waals surface area (Å²) in [5.41, 5.74) is 6.13. The van der Waals surface area contributed by atoms with Gasteiger partial charge in [0, 0.05) is 80.1 Å². The van der Waals surface area contributed by atoms with Gasteiger partial charge in [-0.05, 0) is 49.3 Å². The molecule has 10 nitrogen and oxygen atoms in total. The van der Waals surface area contributed by atoms with Crippen LogP contribution in [-0.2, 0) is 11.2 Å². The summed E-state index contributed by atoms with van der Waals surface area (Å²) in [6, 6.07) is 4.81. The van der Waals surface area contributed by atoms with E-state index in [1.165, 1.54) is 12.3 Å². The Hall–Kier alpha value is -4.35. The van der Waals surface area contributed by atoms with Gasteiger partial charge in [0.1, 0.15) is 17.0 Å². The van der Waals surface area contributed by atoms with Gasteiger partial charge in [-0.25, -0.2) is 14.2 Å². The third-order valence-electron chi connectivity index (χ3n) is 8.72. The third kappa shape index (κ3) is 4.23. The van der Waals surface area contributed by atoms with Gasteiger partial charge in [0.05, 0.1) is 30.0 Å². The van der Waals surface area contributed by atoms with Crippen molar-refractivity contribution in [3.05, 3.63) is 69.7 Å². The lowest BCUT2D eigenvalue weighted by Gasteiger charge is -2.32. The minimum absolute atomic E-state index is 0.00731. The predicted octanol–water partition coefficient (Wildman–Crippen LogP) is 3.62. The van der Waals surface area contributed by atoms with E-state index >= 15 is 0 Å². The quantitative estimate of drug-likeness (QED) is 0.327. The van der Waals surface area contributed by atoms with Gasteiger partial charge in [-0.2, -0.15) is 0 Å². The molecule has 3 aliphatic rings. The van der Waals surface area contributed by atoms with Gasteiger partial charge >= 0.3 is 5.97 Å². The second-order valence-electron chi connectivity index (χ2n) is 11.2. The van der Waals surface area contributed by atoms with Crippen LogP contribution in [0.2, 0.25) is 0 Å². The second kappa shape index (κ2) is 10.2. The van der Waals surface area contributed by atoms with E-state index in [2.05, 4.69) is 15.1 Å². The molecule has 1 unspecified atom stereocenters. The van der Waals surface area contributed by atoms with Gasteiger partial charge in [-0.15, -0.1) is 0 Å². The van der Waals surface area contributed by atoms with Crippen LogP contribution >= 0.6 is 0 Å². The molecule has 1 atom stereocenters. The van der Waals surface area contributed by atoms with Crippen molar-refractivity contribution < 1.29 is 19.0 Å². The molecule has 2 saturated heterocycles. The number of rotatable bonds is 5. The van der Waals surface area contributed by atoms with E-state index in [9.17, 15) is 19.1 Å². The molecule has 0 radical (unpaired) electrons. The molecule has 4 aromatic rings. The minimum atomic E-state index is -1.26. The highest BCUT2D eigenvalue weighted by atomic mass is 19.1. The molecule has 11 heteroatoms. The van der Waals surface area contributed by atoms with Gasteiger partial charge in [0.25, 0.3) is 0 Å². The number of carboxylic acids is 1. The van der Waals surface area contributed by atoms with Crippen molar-refractivity contribution in [2.45, 2.75) is 18.9 Å². The molecule has 3 aromatic heterocycles. The molecule has 7 rings (SSSR count). The minimum Gasteiger partial charge on any atom is -0.477 e. The fourth-order valence-corrected chi connectivity index (χ4v) is 6.68. The van der Waals surface area contributed by atoms with Crippen LogP contribution in [0.4, 0.5) is 15.8 Å². The first kappa shape index (κ1) is 26.5. The Morgan fingerprint density at radius 3 is 2.64 bits per heavy atom. The number of aromatic carboxylic acids is 1. The zero-order valence-electron chi connectivity index (χ0n) is 23.5. The van der Waals surface area contributed by atoms with E-state index in [-0.39, 0.29) is 22.8 Å². The summed E-state index contributed by atoms with van der Waals surface area (Å²) >= 11 is 0. The maximum absolute atomic E-state index is 14.8. The number of carbonyl (C=O) groups is 1. The zero-order valence-corrected chi connectivity index (χ0v) is 23.5. The number of halogens is 1. The largest absolute Gasteiger partial charge is 0.477 e. The van der Waals surface area contributed by atoms with Gasteiger partial charge < -0.3 is 29.5 Å². The Morgan fingerprint density at radius 2 is 1.93 bits per heavy atom. The van der Waals surface area contributed by atoms with E-state index < -0.39 is 11.4 Å². The molecule has 0 spiro atoms. The summed E-state index contributed by atoms with van der Waals surface area (Å²) in [6.45, 7) is 3.98. The van der Waals surface area contributed by atoms with E-state index in [0.29, 0.717) is 43.9 Å². The number of morpholine rings is 1. The van der Waals surface area contributed by atoms with Crippen LogP contribution in [0.3, 0.4) is 0 Å². The topological polar surface area (TPSA) is 113 Å². The number of likely N-dealkylation sites (N-methyl/N-ethyl adjacent to an activating group) is 1. The summed E-state index contributed by atoms with van der Waals surface area (Å²) in [5.74, 6) is -1.60. The lowest BCUT2D eigenvalue weighted by molar-refractivity contribution is 0.0694. The number of nitrogens with zero attached hydrogens (tertiary/aromatic N) is 5. The van der Waals surface area contributed by atoms with Gasteiger partial charge in [0.15, 0.2) is 0 Å². The number of fused-ring (bicyclic) bond motifs is 4. The zero-order chi connectivity index (χ0) is 29.1. The van der Waals surface area contributed by atoms with Crippen molar-refractivity contribution in [3.8, 4) is 22.3 Å². The average molecular weight is 571 g/mol. The number of hydrogen-bond donors (Lipinski definition) is 2. The number of hydrogen-bond acceptors (Lipinski definition) is 8. The number of anilines is 2. The van der Waals surface area contributed by atoms with Crippen molar-refractivity contribution in [3.63, 3.8) is 0 Å². The van der Waals surface area contributed by atoms with Gasteiger partial charge in [-0.3, -0.25) is 9.78 Å². The van der Waals surface area contributed by atoms with E-state index in [0.717, 1.165) is 58.8 Å². The first-order valence-corrected chi connectivity index (χ1v) is 14.2. The van der Waals surface area contributed by atoms with Crippen LogP contribution < -0.4 is 15.6 Å². The Balaban J connectivity index is 1.47. The number of aromatic nitrogens is 3. The van der Waals surface area contributed by atoms with Gasteiger partial charge in [0.2, 0.25) is 5.43 Å². The van der Waals surface area contributed by atoms with Crippen molar-refractivity contribution >= 4 is 28.4 Å². The maximum atomic E-state index is 14.8. The monoisotopic (exact) mass is 570 g/mol. The number of likely N-dealkylation sites (tertiary alicyclic amines) is 1. The van der Waals surface area contributed by atoms with E-state index in [4.69, 9.17) is 14.7 Å². The van der Waals surface area contributed by atoms with Crippen LogP contribution in [-0.4, -0.2) is 84.0 Å². The standard InChI is InChI=1S/C31H31FN6O4/c1-33-25-11-18(32)10-21-20(25)12-26-27(21)28(37-5-7-42-8-6-37)23(14-34-26)17-9-22-29(39)24(31(40)41)16-38(30(22)35-13-17)19-3-4-36(2)15-19/h9-11,13-14,16,19,33H,3-8,12,15H2,1-2H3,(H,40,41). The van der Waals surface area contributed by atoms with E-state index in [1.54, 1.807) is 31.6 Å². The molecule has 1 aliphatic carbocycles. The molecular weight excluding hydrogens is 539 g/mol. The number of nitrogens with one attached hydrogen (secondary N) is 1. The Bertz CT molecular complexity index is 1820. The molecule has 0 saturated carbocycles. The summed E-state index contributed by atoms with van der Waals surface area (Å²) in [7, 11) is 3.80. The molecule has 216 valence electrons. The van der Waals surface area contributed by atoms with Crippen LogP contribution in [0, 0.1) is 5.82 Å². The first-order valence-electron chi connectivity index (χ1n) is 14.2. The van der Waals surface area contributed by atoms with Crippen molar-refractivity contribution in [1.82, 2.24) is 19.4 Å². The fourth-order valence-electron chi connectivity index (χ4n) is 6.68. The van der Waals surface area contributed by atoms with Crippen LogP contribution in [0.5, 0.6) is 0 Å². The fraction of sp³-hybridized carbons (Fsp3) is 0.355. The van der Waals surface area contributed by atoms with Crippen molar-refractivity contribution in [2.75, 3.05) is 63.7 Å². The highest BCUT2D eigenvalue weighted by molar-refractivity contribution is 5.98. The summed E-state index contributed by atoms with van der Waals surface area (Å²) < 4.78 is 22.3. The first-order chi connectivity index (χ1) is 20.3. The lowest BCUT2D eigenvalue weighted by Crippen LogP contribution is -2.37. The second-order valence-corrected chi connectivity index (χ2v) is 11.2. The molecule has 2 aliphatic heterocycles. The molecule has 2 N–H and O–H groups in total. The van der Waals surface area contributed by atoms with Crippen LogP contribution in [0.1, 0.15) is 34.1 Å². The molecule has 5 heterocycles. The summed E-state index contributed by atoms with van der Waals surface area (Å²) in [4.78, 5) is 39.6. The Kier molecular flexibility index (Phi) is 6.43. The highest BCUT2D eigenvalue weighted by Gasteiger charge is 2.32. The number of benzene rings is 1. The number of carboxylic acid groups (broad SMARTS) is 1. The smallest absolute Gasteiger partial charge is 0.341 e. The molecule has 42 heavy (non-hydrogen) atoms. The molecule has 1 aromatic carbocycles. The number of ether oxygens (including phenoxy) is 1. The predicted molar refractivity (Wildman–Crippen MR) is 158 cm³/mol. The molecule has 0 amide bonds. The molecule has 2 fully saturated rings. The third-order valence-corrected chi connectivity index (χ3v) is 8.72. The highest BCUT2D eigenvalue weighted by Crippen LogP contribution is 2.48. The summed E-state index contributed by atoms with van der Waals surface area (Å²) in [6.07, 6.45) is 6.35. The van der Waals surface area contributed by atoms with Crippen molar-refractivity contribution in [1.29, 1.82) is 0 Å². The van der Waals surface area contributed by atoms with Crippen molar-refractivity contribution in [2.24, 2.45) is 0 Å². The maximum Gasteiger partial charge on any atom is 0.341 e. The summed E-state index contributed by atoms with van der Waals surface area (Å²) in [5, 5.41) is 13.3. The molecule has 0 bridgehead atoms. The molecular formula is C31H31FN6O4. The Morgan fingerprint density at radius 1 is 1.12 bits per heavy atom. The van der Waals surface area contributed by atoms with Gasteiger partial charge in [-0.1, -0.05) is 0 Å². The van der Waals surface area contributed by atoms with Crippen LogP contribution in [0.15, 0.2) is 41.6 Å². The Labute approximate surface area is 241 Å². The van der Waals surface area contributed by atoms with Crippen LogP contribution in [0.25, 0.3) is 33.3 Å². The number of pyridine rings is 3. The normalized spacial score (nSPS) is 18.4. The van der Waals surface area contributed by atoms with E-state index in [1.807, 2.05) is 11.6 Å². The SMILES string of the molecule is CNc1cc(F)cc2c1Cc1ncc(-c3cnc4c(c3)c(=O)c(C(=O)O)cn4C3CCN(C)C3)c(N3CCOCC3)c1-2.